The minimum absolute atomic E-state index is 0.147. The van der Waals surface area contributed by atoms with Gasteiger partial charge in [-0.15, -0.1) is 0 Å². The molecule has 0 spiro atoms. The first kappa shape index (κ1) is 21.6. The summed E-state index contributed by atoms with van der Waals surface area (Å²) in [6, 6.07) is 10.0. The first-order valence-corrected chi connectivity index (χ1v) is 11.7. The summed E-state index contributed by atoms with van der Waals surface area (Å²) in [5.41, 5.74) is 1.76. The van der Waals surface area contributed by atoms with Crippen LogP contribution in [0.3, 0.4) is 0 Å². The number of hydrogen-bond acceptors (Lipinski definition) is 6. The monoisotopic (exact) mass is 446 g/mol. The number of carbonyl (C=O) groups excluding carboxylic acids is 1. The van der Waals surface area contributed by atoms with Crippen LogP contribution in [0, 0.1) is 6.92 Å². The van der Waals surface area contributed by atoms with Crippen LogP contribution in [-0.4, -0.2) is 58.1 Å². The second kappa shape index (κ2) is 8.86. The van der Waals surface area contributed by atoms with Gasteiger partial charge in [-0.1, -0.05) is 12.1 Å². The van der Waals surface area contributed by atoms with Gasteiger partial charge in [0.1, 0.15) is 13.2 Å². The molecule has 1 amide bonds. The lowest BCUT2D eigenvalue weighted by molar-refractivity contribution is 0.0730. The van der Waals surface area contributed by atoms with Crippen molar-refractivity contribution in [2.75, 3.05) is 39.5 Å². The fourth-order valence-corrected chi connectivity index (χ4v) is 5.30. The molecule has 1 atom stereocenters. The number of aryl methyl sites for hydroxylation is 1. The highest BCUT2D eigenvalue weighted by Crippen LogP contribution is 2.32. The van der Waals surface area contributed by atoms with E-state index in [-0.39, 0.29) is 16.8 Å². The van der Waals surface area contributed by atoms with E-state index in [1.54, 1.807) is 19.1 Å². The molecule has 1 saturated heterocycles. The Morgan fingerprint density at radius 1 is 1.00 bits per heavy atom. The summed E-state index contributed by atoms with van der Waals surface area (Å²) in [5, 5.41) is 2.93. The molecule has 2 aliphatic rings. The van der Waals surface area contributed by atoms with Gasteiger partial charge in [0.2, 0.25) is 10.0 Å². The van der Waals surface area contributed by atoms with Crippen molar-refractivity contribution in [2.45, 2.75) is 24.8 Å². The van der Waals surface area contributed by atoms with Crippen molar-refractivity contribution in [3.05, 3.63) is 53.1 Å². The first-order chi connectivity index (χ1) is 14.9. The number of ether oxygens (including phenoxy) is 3. The van der Waals surface area contributed by atoms with Gasteiger partial charge in [0.05, 0.1) is 24.2 Å². The maximum Gasteiger partial charge on any atom is 0.251 e. The average Bonchev–Trinajstić information content (AvgIpc) is 2.79. The van der Waals surface area contributed by atoms with E-state index >= 15 is 0 Å². The highest BCUT2D eigenvalue weighted by molar-refractivity contribution is 7.89. The van der Waals surface area contributed by atoms with Gasteiger partial charge >= 0.3 is 0 Å². The van der Waals surface area contributed by atoms with Crippen LogP contribution in [-0.2, 0) is 14.8 Å². The molecular formula is C22H26N2O6S. The second-order valence-corrected chi connectivity index (χ2v) is 9.50. The zero-order valence-corrected chi connectivity index (χ0v) is 18.4. The molecule has 2 heterocycles. The Balaban J connectivity index is 1.53. The number of benzene rings is 2. The molecule has 31 heavy (non-hydrogen) atoms. The summed E-state index contributed by atoms with van der Waals surface area (Å²) in [6.07, 6.45) is 0. The molecule has 8 nitrogen and oxygen atoms in total. The van der Waals surface area contributed by atoms with Gasteiger partial charge in [0.25, 0.3) is 5.91 Å². The third-order valence-electron chi connectivity index (χ3n) is 5.45. The smallest absolute Gasteiger partial charge is 0.251 e. The Bertz CT molecular complexity index is 1080. The Kier molecular flexibility index (Phi) is 6.17. The molecular weight excluding hydrogens is 420 g/mol. The molecule has 0 aliphatic carbocycles. The lowest BCUT2D eigenvalue weighted by atomic mass is 10.1. The Morgan fingerprint density at radius 2 is 1.71 bits per heavy atom. The van der Waals surface area contributed by atoms with E-state index in [4.69, 9.17) is 14.2 Å². The van der Waals surface area contributed by atoms with Crippen LogP contribution in [0.4, 0.5) is 0 Å². The Hall–Kier alpha value is -2.62. The van der Waals surface area contributed by atoms with Gasteiger partial charge in [-0.25, -0.2) is 8.42 Å². The number of amides is 1. The summed E-state index contributed by atoms with van der Waals surface area (Å²) in [6.45, 7) is 5.94. The van der Waals surface area contributed by atoms with Crippen LogP contribution in [0.2, 0.25) is 0 Å². The van der Waals surface area contributed by atoms with Gasteiger partial charge in [-0.05, 0) is 49.2 Å². The summed E-state index contributed by atoms with van der Waals surface area (Å²) in [4.78, 5) is 13.0. The SMILES string of the molecule is Cc1ccc(C(=O)N[C@@H](C)c2ccc3c(c2)OCCO3)cc1S(=O)(=O)N1CCOCC1. The fourth-order valence-electron chi connectivity index (χ4n) is 3.64. The van der Waals surface area contributed by atoms with Crippen LogP contribution in [0.1, 0.15) is 34.5 Å². The average molecular weight is 447 g/mol. The molecule has 2 aromatic carbocycles. The van der Waals surface area contributed by atoms with E-state index < -0.39 is 10.0 Å². The molecule has 0 aromatic heterocycles. The number of sulfonamides is 1. The Morgan fingerprint density at radius 3 is 2.45 bits per heavy atom. The van der Waals surface area contributed by atoms with E-state index in [1.807, 2.05) is 25.1 Å². The highest BCUT2D eigenvalue weighted by Gasteiger charge is 2.28. The van der Waals surface area contributed by atoms with Crippen LogP contribution >= 0.6 is 0 Å². The van der Waals surface area contributed by atoms with Gasteiger partial charge in [-0.2, -0.15) is 4.31 Å². The van der Waals surface area contributed by atoms with Crippen LogP contribution in [0.25, 0.3) is 0 Å². The number of carbonyl (C=O) groups is 1. The fraction of sp³-hybridized carbons (Fsp3) is 0.409. The van der Waals surface area contributed by atoms with Crippen molar-refractivity contribution in [3.63, 3.8) is 0 Å². The number of hydrogen-bond donors (Lipinski definition) is 1. The van der Waals surface area contributed by atoms with Crippen molar-refractivity contribution in [1.29, 1.82) is 0 Å². The zero-order valence-electron chi connectivity index (χ0n) is 17.6. The summed E-state index contributed by atoms with van der Waals surface area (Å²) in [5.74, 6) is 0.991. The normalized spacial score (nSPS) is 17.7. The molecule has 0 unspecified atom stereocenters. The topological polar surface area (TPSA) is 94.2 Å². The molecule has 0 saturated carbocycles. The van der Waals surface area contributed by atoms with E-state index in [0.717, 1.165) is 5.56 Å². The largest absolute Gasteiger partial charge is 0.486 e. The van der Waals surface area contributed by atoms with E-state index in [1.165, 1.54) is 10.4 Å². The maximum absolute atomic E-state index is 13.1. The van der Waals surface area contributed by atoms with Crippen molar-refractivity contribution in [2.24, 2.45) is 0 Å². The summed E-state index contributed by atoms with van der Waals surface area (Å²) < 4.78 is 44.0. The molecule has 2 aliphatic heterocycles. The predicted octanol–water partition coefficient (Wildman–Crippen LogP) is 2.28. The molecule has 0 bridgehead atoms. The predicted molar refractivity (Wildman–Crippen MR) is 114 cm³/mol. The first-order valence-electron chi connectivity index (χ1n) is 10.3. The van der Waals surface area contributed by atoms with Gasteiger partial charge in [-0.3, -0.25) is 4.79 Å². The van der Waals surface area contributed by atoms with Crippen molar-refractivity contribution < 1.29 is 27.4 Å². The minimum atomic E-state index is -3.70. The Labute approximate surface area is 182 Å². The van der Waals surface area contributed by atoms with Crippen LogP contribution < -0.4 is 14.8 Å². The van der Waals surface area contributed by atoms with Gasteiger partial charge < -0.3 is 19.5 Å². The van der Waals surface area contributed by atoms with Gasteiger partial charge in [0, 0.05) is 18.7 Å². The van der Waals surface area contributed by atoms with Gasteiger partial charge in [0.15, 0.2) is 11.5 Å². The van der Waals surface area contributed by atoms with E-state index in [9.17, 15) is 13.2 Å². The van der Waals surface area contributed by atoms with Crippen molar-refractivity contribution in [3.8, 4) is 11.5 Å². The number of nitrogens with zero attached hydrogens (tertiary/aromatic N) is 1. The molecule has 0 radical (unpaired) electrons. The zero-order chi connectivity index (χ0) is 22.0. The number of nitrogens with one attached hydrogen (secondary N) is 1. The third-order valence-corrected chi connectivity index (χ3v) is 7.49. The maximum atomic E-state index is 13.1. The summed E-state index contributed by atoms with van der Waals surface area (Å²) in [7, 11) is -3.70. The molecule has 2 aromatic rings. The van der Waals surface area contributed by atoms with Crippen LogP contribution in [0.15, 0.2) is 41.3 Å². The molecule has 166 valence electrons. The molecule has 4 rings (SSSR count). The minimum Gasteiger partial charge on any atom is -0.486 e. The highest BCUT2D eigenvalue weighted by atomic mass is 32.2. The van der Waals surface area contributed by atoms with Crippen molar-refractivity contribution in [1.82, 2.24) is 9.62 Å². The lowest BCUT2D eigenvalue weighted by Gasteiger charge is -2.27. The second-order valence-electron chi connectivity index (χ2n) is 7.59. The molecule has 9 heteroatoms. The number of morpholine rings is 1. The van der Waals surface area contributed by atoms with Crippen molar-refractivity contribution >= 4 is 15.9 Å². The van der Waals surface area contributed by atoms with E-state index in [2.05, 4.69) is 5.32 Å². The summed E-state index contributed by atoms with van der Waals surface area (Å²) >= 11 is 0. The molecule has 1 N–H and O–H groups in total. The standard InChI is InChI=1S/C22H26N2O6S/c1-15-3-4-18(14-21(15)31(26,27)24-7-9-28-10-8-24)22(25)23-16(2)17-5-6-19-20(13-17)30-12-11-29-19/h3-6,13-14,16H,7-12H2,1-2H3,(H,23,25)/t16-/m0/s1. The quantitative estimate of drug-likeness (QED) is 0.757. The van der Waals surface area contributed by atoms with E-state index in [0.29, 0.717) is 62.1 Å². The molecule has 1 fully saturated rings. The number of fused-ring (bicyclic) bond motifs is 1. The van der Waals surface area contributed by atoms with Crippen LogP contribution in [0.5, 0.6) is 11.5 Å². The number of rotatable bonds is 5. The third kappa shape index (κ3) is 4.53. The lowest BCUT2D eigenvalue weighted by Crippen LogP contribution is -2.41.